The van der Waals surface area contributed by atoms with Crippen LogP contribution in [0.25, 0.3) is 0 Å². The van der Waals surface area contributed by atoms with E-state index in [4.69, 9.17) is 17.2 Å². The van der Waals surface area contributed by atoms with E-state index in [1.807, 2.05) is 0 Å². The molecule has 0 radical (unpaired) electrons. The first-order valence-corrected chi connectivity index (χ1v) is 17.4. The number of aliphatic hydroxyl groups excluding tert-OH is 2. The zero-order valence-corrected chi connectivity index (χ0v) is 30.8. The van der Waals surface area contributed by atoms with Gasteiger partial charge >= 0.3 is 5.97 Å². The van der Waals surface area contributed by atoms with Crippen LogP contribution in [0.1, 0.15) is 65.5 Å². The maximum Gasteiger partial charge on any atom is 0.328 e. The molecule has 0 aliphatic carbocycles. The molecule has 1 aromatic heterocycles. The molecule has 0 unspecified atom stereocenters. The van der Waals surface area contributed by atoms with Crippen molar-refractivity contribution in [2.75, 3.05) is 13.2 Å². The molecular weight excluding hydrogens is 714 g/mol. The van der Waals surface area contributed by atoms with Crippen LogP contribution in [0.2, 0.25) is 0 Å². The number of H-pyrrole nitrogens is 1. The second kappa shape index (κ2) is 23.5. The Morgan fingerprint density at radius 3 is 1.85 bits per heavy atom. The van der Waals surface area contributed by atoms with E-state index in [0.29, 0.717) is 31.5 Å². The minimum atomic E-state index is -1.72. The Labute approximate surface area is 311 Å². The maximum atomic E-state index is 13.6. The summed E-state index contributed by atoms with van der Waals surface area (Å²) < 4.78 is 0. The Bertz CT molecular complexity index is 1420. The molecule has 54 heavy (non-hydrogen) atoms. The lowest BCUT2D eigenvalue weighted by atomic mass is 10.0. The predicted molar refractivity (Wildman–Crippen MR) is 190 cm³/mol. The van der Waals surface area contributed by atoms with Crippen LogP contribution in [0.5, 0.6) is 0 Å². The number of hydrogen-bond acceptors (Lipinski definition) is 13. The van der Waals surface area contributed by atoms with Crippen molar-refractivity contribution in [1.29, 1.82) is 0 Å². The van der Waals surface area contributed by atoms with E-state index in [2.05, 4.69) is 41.9 Å². The van der Waals surface area contributed by atoms with Gasteiger partial charge in [0.05, 0.1) is 37.2 Å². The van der Waals surface area contributed by atoms with Crippen LogP contribution in [-0.2, 0) is 44.8 Å². The number of aliphatic hydroxyl groups is 2. The molecule has 22 nitrogen and oxygen atoms in total. The summed E-state index contributed by atoms with van der Waals surface area (Å²) in [7, 11) is 0. The summed E-state index contributed by atoms with van der Waals surface area (Å²) in [5.41, 5.74) is 16.9. The number of nitrogens with one attached hydrogen (secondary N) is 7. The number of aliphatic carboxylic acids is 1. The number of aromatic amines is 1. The monoisotopic (exact) mass is 769 g/mol. The van der Waals surface area contributed by atoms with Gasteiger partial charge in [-0.1, -0.05) is 20.3 Å². The Kier molecular flexibility index (Phi) is 20.4. The number of carboxylic acids is 1. The molecule has 0 saturated carbocycles. The standard InChI is InChI=1S/C32H55N11O11/c1-15(2)9-20(28(49)40-21(10-18-12-36-14-37-18)30(51)43-25(17(4)45)32(53)54)39-29(50)22(11-24(35)46)41-31(52)23(13-44)42-26(47)16(3)38-27(48)19(34)7-5-6-8-33/h12,14-17,19-23,25,44-45H,5-11,13,33-34H2,1-4H3,(H2,35,46)(H,36,37)(H,38,48)(H,39,50)(H,40,49)(H,41,52)(H,42,47)(H,43,51)(H,53,54)/t16-,17+,19-,20-,21-,22-,23-,25-/m0/s1. The molecule has 1 heterocycles. The number of nitrogens with zero attached hydrogens (tertiary/aromatic N) is 1. The first kappa shape index (κ1) is 46.8. The summed E-state index contributed by atoms with van der Waals surface area (Å²) in [5.74, 6) is -8.39. The van der Waals surface area contributed by atoms with Crippen LogP contribution in [0, 0.1) is 5.92 Å². The highest BCUT2D eigenvalue weighted by Gasteiger charge is 2.35. The molecule has 304 valence electrons. The van der Waals surface area contributed by atoms with Crippen molar-refractivity contribution >= 4 is 47.3 Å². The fourth-order valence-corrected chi connectivity index (χ4v) is 4.91. The fraction of sp³-hybridized carbons (Fsp3) is 0.656. The molecule has 0 fully saturated rings. The van der Waals surface area contributed by atoms with Gasteiger partial charge in [0.25, 0.3) is 0 Å². The highest BCUT2D eigenvalue weighted by Crippen LogP contribution is 2.09. The largest absolute Gasteiger partial charge is 0.480 e. The first-order chi connectivity index (χ1) is 25.3. The molecule has 0 spiro atoms. The van der Waals surface area contributed by atoms with Crippen molar-refractivity contribution in [3.8, 4) is 0 Å². The summed E-state index contributed by atoms with van der Waals surface area (Å²) >= 11 is 0. The van der Waals surface area contributed by atoms with E-state index < -0.39 is 109 Å². The second-order valence-electron chi connectivity index (χ2n) is 13.2. The number of aromatic nitrogens is 2. The van der Waals surface area contributed by atoms with Gasteiger partial charge in [0, 0.05) is 12.6 Å². The van der Waals surface area contributed by atoms with Crippen molar-refractivity contribution in [1.82, 2.24) is 41.9 Å². The number of amides is 7. The number of rotatable bonds is 25. The van der Waals surface area contributed by atoms with Gasteiger partial charge in [-0.2, -0.15) is 0 Å². The molecule has 0 aliphatic rings. The molecular formula is C32H55N11O11. The van der Waals surface area contributed by atoms with E-state index >= 15 is 0 Å². The van der Waals surface area contributed by atoms with Gasteiger partial charge in [-0.15, -0.1) is 0 Å². The molecule has 0 bridgehead atoms. The number of unbranched alkanes of at least 4 members (excludes halogenated alkanes) is 1. The zero-order valence-electron chi connectivity index (χ0n) is 30.8. The van der Waals surface area contributed by atoms with Crippen molar-refractivity contribution in [3.63, 3.8) is 0 Å². The Morgan fingerprint density at radius 2 is 1.33 bits per heavy atom. The molecule has 7 amide bonds. The molecule has 8 atom stereocenters. The number of hydrogen-bond donors (Lipinski definition) is 13. The fourth-order valence-electron chi connectivity index (χ4n) is 4.91. The van der Waals surface area contributed by atoms with Crippen LogP contribution in [-0.4, -0.2) is 134 Å². The topological polar surface area (TPSA) is 376 Å². The van der Waals surface area contributed by atoms with Crippen LogP contribution >= 0.6 is 0 Å². The maximum absolute atomic E-state index is 13.6. The normalized spacial score (nSPS) is 15.6. The third-order valence-corrected chi connectivity index (χ3v) is 7.90. The average Bonchev–Trinajstić information content (AvgIpc) is 3.60. The lowest BCUT2D eigenvalue weighted by molar-refractivity contribution is -0.145. The predicted octanol–water partition coefficient (Wildman–Crippen LogP) is -5.28. The minimum absolute atomic E-state index is 0.0212. The highest BCUT2D eigenvalue weighted by atomic mass is 16.4. The van der Waals surface area contributed by atoms with Gasteiger partial charge in [0.2, 0.25) is 41.4 Å². The zero-order chi connectivity index (χ0) is 41.1. The van der Waals surface area contributed by atoms with Crippen LogP contribution in [0.4, 0.5) is 0 Å². The van der Waals surface area contributed by atoms with E-state index in [0.717, 1.165) is 6.92 Å². The van der Waals surface area contributed by atoms with E-state index in [-0.39, 0.29) is 18.8 Å². The number of imidazole rings is 1. The van der Waals surface area contributed by atoms with Crippen molar-refractivity contribution < 1.29 is 53.7 Å². The third-order valence-electron chi connectivity index (χ3n) is 7.90. The van der Waals surface area contributed by atoms with Gasteiger partial charge < -0.3 is 69.4 Å². The Morgan fingerprint density at radius 1 is 0.778 bits per heavy atom. The average molecular weight is 770 g/mol. The van der Waals surface area contributed by atoms with Crippen molar-refractivity contribution in [2.24, 2.45) is 23.1 Å². The molecule has 0 aromatic carbocycles. The van der Waals surface area contributed by atoms with E-state index in [1.165, 1.54) is 19.4 Å². The number of carbonyl (C=O) groups is 8. The van der Waals surface area contributed by atoms with Crippen molar-refractivity contribution in [3.05, 3.63) is 18.2 Å². The van der Waals surface area contributed by atoms with E-state index in [9.17, 15) is 53.7 Å². The van der Waals surface area contributed by atoms with Crippen LogP contribution in [0.15, 0.2) is 12.5 Å². The van der Waals surface area contributed by atoms with Gasteiger partial charge in [0.15, 0.2) is 6.04 Å². The molecule has 0 aliphatic heterocycles. The molecule has 16 N–H and O–H groups in total. The Hall–Kier alpha value is -5.19. The minimum Gasteiger partial charge on any atom is -0.480 e. The number of primary amides is 1. The molecule has 1 aromatic rings. The second-order valence-corrected chi connectivity index (χ2v) is 13.2. The first-order valence-electron chi connectivity index (χ1n) is 17.4. The molecule has 22 heteroatoms. The molecule has 1 rings (SSSR count). The van der Waals surface area contributed by atoms with Crippen LogP contribution < -0.4 is 49.1 Å². The smallest absolute Gasteiger partial charge is 0.328 e. The molecule has 0 saturated heterocycles. The number of carbonyl (C=O) groups excluding carboxylic acids is 7. The summed E-state index contributed by atoms with van der Waals surface area (Å²) in [6.07, 6.45) is 1.78. The quantitative estimate of drug-likeness (QED) is 0.0414. The number of nitrogens with two attached hydrogens (primary N) is 3. The lowest BCUT2D eigenvalue weighted by Gasteiger charge is -2.27. The summed E-state index contributed by atoms with van der Waals surface area (Å²) in [4.78, 5) is 109. The van der Waals surface area contributed by atoms with Crippen LogP contribution in [0.3, 0.4) is 0 Å². The summed E-state index contributed by atoms with van der Waals surface area (Å²) in [5, 5.41) is 43.1. The van der Waals surface area contributed by atoms with E-state index in [1.54, 1.807) is 13.8 Å². The van der Waals surface area contributed by atoms with Gasteiger partial charge in [0.1, 0.15) is 30.2 Å². The highest BCUT2D eigenvalue weighted by molar-refractivity contribution is 5.98. The lowest BCUT2D eigenvalue weighted by Crippen LogP contribution is -2.61. The van der Waals surface area contributed by atoms with Gasteiger partial charge in [-0.3, -0.25) is 33.6 Å². The van der Waals surface area contributed by atoms with Gasteiger partial charge in [-0.05, 0) is 45.6 Å². The number of carboxylic acid groups (broad SMARTS) is 1. The Balaban J connectivity index is 3.14. The summed E-state index contributed by atoms with van der Waals surface area (Å²) in [6.45, 7) is 5.36. The third kappa shape index (κ3) is 16.7. The SMILES string of the molecule is CC(C)C[C@H](NC(=O)[C@H](CC(N)=O)NC(=O)[C@H](CO)NC(=O)[C@H](C)NC(=O)[C@@H](N)CCCCN)C(=O)N[C@@H](Cc1c[nH]cn1)C(=O)N[C@H](C(=O)O)[C@@H](C)O. The van der Waals surface area contributed by atoms with Gasteiger partial charge in [-0.25, -0.2) is 9.78 Å². The summed E-state index contributed by atoms with van der Waals surface area (Å²) in [6, 6.07) is -10.0. The van der Waals surface area contributed by atoms with Crippen molar-refractivity contribution in [2.45, 2.75) is 115 Å².